The van der Waals surface area contributed by atoms with Crippen molar-refractivity contribution < 1.29 is 35.6 Å². The van der Waals surface area contributed by atoms with Gasteiger partial charge in [-0.1, -0.05) is 11.3 Å². The molecule has 0 aliphatic rings. The van der Waals surface area contributed by atoms with Gasteiger partial charge in [0.05, 0.1) is 38.8 Å². The molecule has 1 amide bonds. The van der Waals surface area contributed by atoms with E-state index in [0.717, 1.165) is 35.6 Å². The third-order valence-electron chi connectivity index (χ3n) is 4.81. The second kappa shape index (κ2) is 10.8. The number of amides is 1. The molecule has 0 aliphatic carbocycles. The highest BCUT2D eigenvalue weighted by Gasteiger charge is 2.18. The fraction of sp³-hybridized carbons (Fsp3) is 0.286. The van der Waals surface area contributed by atoms with Crippen LogP contribution in [0.4, 0.5) is 4.39 Å². The zero-order chi connectivity index (χ0) is 25.8. The second-order valence-electron chi connectivity index (χ2n) is 7.29. The third kappa shape index (κ3) is 6.81. The van der Waals surface area contributed by atoms with E-state index in [1.54, 1.807) is 11.5 Å². The van der Waals surface area contributed by atoms with Crippen LogP contribution in [-0.2, 0) is 40.7 Å². The molecular formula is C21H22FN3O7S3. The minimum absolute atomic E-state index is 0.0308. The molecular weight excluding hydrogens is 521 g/mol. The molecule has 3 rings (SSSR count). The molecule has 0 aliphatic heterocycles. The van der Waals surface area contributed by atoms with E-state index in [-0.39, 0.29) is 34.2 Å². The number of rotatable bonds is 9. The van der Waals surface area contributed by atoms with Gasteiger partial charge in [-0.15, -0.1) is 0 Å². The number of ether oxygens (including phenoxy) is 1. The molecule has 0 saturated heterocycles. The summed E-state index contributed by atoms with van der Waals surface area (Å²) in [7, 11) is -7.81. The first-order chi connectivity index (χ1) is 16.4. The topological polar surface area (TPSA) is 155 Å². The van der Waals surface area contributed by atoms with Crippen molar-refractivity contribution in [3.05, 3.63) is 53.1 Å². The summed E-state index contributed by atoms with van der Waals surface area (Å²) in [6.07, 6.45) is -0.467. The lowest BCUT2D eigenvalue weighted by atomic mass is 10.3. The molecule has 0 saturated carbocycles. The van der Waals surface area contributed by atoms with E-state index in [9.17, 15) is 30.8 Å². The molecule has 1 heterocycles. The predicted octanol–water partition coefficient (Wildman–Crippen LogP) is 1.73. The van der Waals surface area contributed by atoms with Crippen LogP contribution in [0.5, 0.6) is 0 Å². The van der Waals surface area contributed by atoms with Crippen molar-refractivity contribution in [3.8, 4) is 0 Å². The zero-order valence-electron chi connectivity index (χ0n) is 18.5. The molecule has 0 bridgehead atoms. The van der Waals surface area contributed by atoms with Crippen LogP contribution in [0, 0.1) is 5.82 Å². The van der Waals surface area contributed by atoms with E-state index in [1.165, 1.54) is 18.2 Å². The fourth-order valence-electron chi connectivity index (χ4n) is 3.11. The van der Waals surface area contributed by atoms with E-state index in [2.05, 4.69) is 4.99 Å². The quantitative estimate of drug-likeness (QED) is 0.318. The smallest absolute Gasteiger partial charge is 0.307 e. The Bertz CT molecular complexity index is 1540. The highest BCUT2D eigenvalue weighted by Crippen LogP contribution is 2.22. The van der Waals surface area contributed by atoms with Crippen LogP contribution in [0.2, 0.25) is 0 Å². The number of primary sulfonamides is 1. The molecule has 0 atom stereocenters. The lowest BCUT2D eigenvalue weighted by molar-refractivity contribution is -0.143. The van der Waals surface area contributed by atoms with Gasteiger partial charge in [-0.3, -0.25) is 9.59 Å². The van der Waals surface area contributed by atoms with Gasteiger partial charge in [0.25, 0.3) is 0 Å². The first-order valence-electron chi connectivity index (χ1n) is 10.3. The van der Waals surface area contributed by atoms with Crippen LogP contribution in [0.15, 0.2) is 57.2 Å². The van der Waals surface area contributed by atoms with Crippen LogP contribution in [0.25, 0.3) is 10.2 Å². The molecule has 1 aromatic heterocycles. The Hall–Kier alpha value is -2.94. The Labute approximate surface area is 204 Å². The largest absolute Gasteiger partial charge is 0.466 e. The van der Waals surface area contributed by atoms with Gasteiger partial charge in [0, 0.05) is 13.0 Å². The number of thiazole rings is 1. The monoisotopic (exact) mass is 543 g/mol. The molecule has 35 heavy (non-hydrogen) atoms. The van der Waals surface area contributed by atoms with Crippen LogP contribution in [0.1, 0.15) is 19.8 Å². The molecule has 10 nitrogen and oxygen atoms in total. The number of sulfonamides is 1. The van der Waals surface area contributed by atoms with Gasteiger partial charge in [-0.25, -0.2) is 26.4 Å². The average molecular weight is 544 g/mol. The van der Waals surface area contributed by atoms with E-state index in [0.29, 0.717) is 10.2 Å². The lowest BCUT2D eigenvalue weighted by Gasteiger charge is -2.06. The number of sulfone groups is 1. The highest BCUT2D eigenvalue weighted by atomic mass is 32.2. The van der Waals surface area contributed by atoms with E-state index >= 15 is 0 Å². The normalized spacial score (nSPS) is 12.7. The van der Waals surface area contributed by atoms with Gasteiger partial charge in [0.2, 0.25) is 15.9 Å². The number of esters is 1. The van der Waals surface area contributed by atoms with E-state index < -0.39 is 49.7 Å². The molecule has 0 fully saturated rings. The average Bonchev–Trinajstić information content (AvgIpc) is 3.12. The maximum atomic E-state index is 13.1. The molecule has 14 heteroatoms. The first kappa shape index (κ1) is 26.7. The summed E-state index contributed by atoms with van der Waals surface area (Å²) in [5.41, 5.74) is 0.511. The van der Waals surface area contributed by atoms with Gasteiger partial charge in [-0.05, 0) is 49.4 Å². The van der Waals surface area contributed by atoms with Gasteiger partial charge in [-0.2, -0.15) is 4.99 Å². The number of fused-ring (bicyclic) bond motifs is 1. The van der Waals surface area contributed by atoms with Crippen molar-refractivity contribution in [1.82, 2.24) is 4.57 Å². The minimum atomic E-state index is -3.97. The van der Waals surface area contributed by atoms with Gasteiger partial charge in [0.1, 0.15) is 5.82 Å². The number of aryl methyl sites for hydroxylation is 1. The molecule has 3 aromatic rings. The Balaban J connectivity index is 1.92. The standard InChI is InChI=1S/C21H22FN3O7S3/c1-2-32-20(27)9-11-25-17-8-7-16(35(23,30)31)13-18(17)33-21(25)24-19(26)10-12-34(28,29)15-5-3-14(22)4-6-15/h3-8,13H,2,9-12H2,1H3,(H2,23,30,31). The molecule has 188 valence electrons. The molecule has 0 unspecified atom stereocenters. The number of hydrogen-bond donors (Lipinski definition) is 1. The number of hydrogen-bond acceptors (Lipinski definition) is 8. The predicted molar refractivity (Wildman–Crippen MR) is 126 cm³/mol. The van der Waals surface area contributed by atoms with Gasteiger partial charge in [0.15, 0.2) is 14.6 Å². The number of nitrogens with two attached hydrogens (primary N) is 1. The maximum Gasteiger partial charge on any atom is 0.307 e. The number of carbonyl (C=O) groups is 2. The van der Waals surface area contributed by atoms with Crippen molar-refractivity contribution in [3.63, 3.8) is 0 Å². The lowest BCUT2D eigenvalue weighted by Crippen LogP contribution is -2.20. The summed E-state index contributed by atoms with van der Waals surface area (Å²) in [6.45, 7) is 1.95. The summed E-state index contributed by atoms with van der Waals surface area (Å²) in [6, 6.07) is 8.37. The van der Waals surface area contributed by atoms with Gasteiger partial charge >= 0.3 is 5.97 Å². The Kier molecular flexibility index (Phi) is 8.20. The first-order valence-corrected chi connectivity index (χ1v) is 14.3. The molecule has 0 spiro atoms. The highest BCUT2D eigenvalue weighted by molar-refractivity contribution is 7.91. The van der Waals surface area contributed by atoms with Gasteiger partial charge < -0.3 is 9.30 Å². The Morgan fingerprint density at radius 3 is 2.34 bits per heavy atom. The fourth-order valence-corrected chi connectivity index (χ4v) is 6.07. The number of nitrogens with zero attached hydrogens (tertiary/aromatic N) is 2. The van der Waals surface area contributed by atoms with Crippen molar-refractivity contribution in [1.29, 1.82) is 0 Å². The number of halogens is 1. The molecule has 2 aromatic carbocycles. The van der Waals surface area contributed by atoms with Crippen LogP contribution >= 0.6 is 11.3 Å². The van der Waals surface area contributed by atoms with E-state index in [1.807, 2.05) is 0 Å². The minimum Gasteiger partial charge on any atom is -0.466 e. The summed E-state index contributed by atoms with van der Waals surface area (Å²) in [5.74, 6) is -2.33. The van der Waals surface area contributed by atoms with Crippen LogP contribution < -0.4 is 9.94 Å². The Morgan fingerprint density at radius 2 is 1.71 bits per heavy atom. The van der Waals surface area contributed by atoms with Crippen molar-refractivity contribution in [2.24, 2.45) is 10.1 Å². The summed E-state index contributed by atoms with van der Waals surface area (Å²) in [4.78, 5) is 28.3. The number of carbonyl (C=O) groups excluding carboxylic acids is 2. The maximum absolute atomic E-state index is 13.1. The molecule has 0 radical (unpaired) electrons. The third-order valence-corrected chi connectivity index (χ3v) is 8.49. The SMILES string of the molecule is CCOC(=O)CCn1c(=NC(=O)CCS(=O)(=O)c2ccc(F)cc2)sc2cc(S(N)(=O)=O)ccc21. The van der Waals surface area contributed by atoms with Crippen molar-refractivity contribution >= 4 is 53.3 Å². The summed E-state index contributed by atoms with van der Waals surface area (Å²) >= 11 is 0.991. The van der Waals surface area contributed by atoms with Crippen molar-refractivity contribution in [2.75, 3.05) is 12.4 Å². The van der Waals surface area contributed by atoms with Crippen LogP contribution in [-0.4, -0.2) is 45.6 Å². The summed E-state index contributed by atoms with van der Waals surface area (Å²) < 4.78 is 68.3. The molecule has 2 N–H and O–H groups in total. The zero-order valence-corrected chi connectivity index (χ0v) is 21.0. The summed E-state index contributed by atoms with van der Waals surface area (Å²) in [5, 5.41) is 5.20. The second-order valence-corrected chi connectivity index (χ2v) is 12.0. The number of benzene rings is 2. The van der Waals surface area contributed by atoms with E-state index in [4.69, 9.17) is 9.88 Å². The van der Waals surface area contributed by atoms with Crippen LogP contribution in [0.3, 0.4) is 0 Å². The Morgan fingerprint density at radius 1 is 1.06 bits per heavy atom. The number of aromatic nitrogens is 1. The van der Waals surface area contributed by atoms with Crippen molar-refractivity contribution in [2.45, 2.75) is 36.1 Å².